The van der Waals surface area contributed by atoms with Gasteiger partial charge in [0.25, 0.3) is 0 Å². The molecule has 1 atom stereocenters. The Balaban J connectivity index is 1.89. The number of nitrogens with one attached hydrogen (secondary N) is 1. The van der Waals surface area contributed by atoms with E-state index in [9.17, 15) is 0 Å². The van der Waals surface area contributed by atoms with Gasteiger partial charge in [-0.05, 0) is 19.8 Å². The maximum absolute atomic E-state index is 5.33. The first-order valence-electron chi connectivity index (χ1n) is 7.29. The van der Waals surface area contributed by atoms with Crippen molar-refractivity contribution < 1.29 is 4.52 Å². The SMILES string of the molecule is CCCCc1noc(C(C)Sc2nnc(NCCC)s2)n1. The zero-order valence-corrected chi connectivity index (χ0v) is 14.3. The lowest BCUT2D eigenvalue weighted by Gasteiger charge is -2.01. The van der Waals surface area contributed by atoms with Crippen molar-refractivity contribution in [2.24, 2.45) is 0 Å². The Morgan fingerprint density at radius 2 is 2.14 bits per heavy atom. The fourth-order valence-electron chi connectivity index (χ4n) is 1.63. The summed E-state index contributed by atoms with van der Waals surface area (Å²) in [7, 11) is 0. The van der Waals surface area contributed by atoms with Gasteiger partial charge in [-0.2, -0.15) is 4.98 Å². The van der Waals surface area contributed by atoms with E-state index in [0.717, 1.165) is 47.5 Å². The molecule has 0 bridgehead atoms. The number of thioether (sulfide) groups is 1. The van der Waals surface area contributed by atoms with Crippen molar-refractivity contribution in [2.75, 3.05) is 11.9 Å². The third kappa shape index (κ3) is 4.96. The molecule has 0 radical (unpaired) electrons. The number of aryl methyl sites for hydroxylation is 1. The number of unbranched alkanes of at least 4 members (excludes halogenated alkanes) is 1. The Kier molecular flexibility index (Phi) is 6.44. The Hall–Kier alpha value is -1.15. The average Bonchev–Trinajstić information content (AvgIpc) is 3.12. The zero-order valence-electron chi connectivity index (χ0n) is 12.6. The second kappa shape index (κ2) is 8.33. The molecule has 2 heterocycles. The highest BCUT2D eigenvalue weighted by atomic mass is 32.2. The molecule has 0 spiro atoms. The summed E-state index contributed by atoms with van der Waals surface area (Å²) in [5.74, 6) is 1.45. The van der Waals surface area contributed by atoms with Crippen LogP contribution < -0.4 is 5.32 Å². The van der Waals surface area contributed by atoms with Gasteiger partial charge in [0.15, 0.2) is 10.2 Å². The van der Waals surface area contributed by atoms with Gasteiger partial charge in [0.1, 0.15) is 0 Å². The number of nitrogens with zero attached hydrogens (tertiary/aromatic N) is 4. The number of hydrogen-bond donors (Lipinski definition) is 1. The maximum Gasteiger partial charge on any atom is 0.239 e. The van der Waals surface area contributed by atoms with E-state index in [4.69, 9.17) is 4.52 Å². The molecule has 6 nitrogen and oxygen atoms in total. The van der Waals surface area contributed by atoms with Crippen molar-refractivity contribution in [1.82, 2.24) is 20.3 Å². The molecule has 2 aromatic heterocycles. The average molecular weight is 327 g/mol. The van der Waals surface area contributed by atoms with Crippen molar-refractivity contribution in [3.63, 3.8) is 0 Å². The van der Waals surface area contributed by atoms with E-state index in [2.05, 4.69) is 39.5 Å². The van der Waals surface area contributed by atoms with Crippen molar-refractivity contribution in [2.45, 2.75) is 56.0 Å². The second-order valence-corrected chi connectivity index (χ2v) is 7.28. The fraction of sp³-hybridized carbons (Fsp3) is 0.692. The van der Waals surface area contributed by atoms with Crippen LogP contribution in [0.3, 0.4) is 0 Å². The van der Waals surface area contributed by atoms with E-state index in [1.54, 1.807) is 23.1 Å². The Bertz CT molecular complexity index is 542. The smallest absolute Gasteiger partial charge is 0.239 e. The molecule has 0 amide bonds. The van der Waals surface area contributed by atoms with Crippen LogP contribution in [-0.2, 0) is 6.42 Å². The minimum atomic E-state index is 0.0832. The van der Waals surface area contributed by atoms with Crippen LogP contribution in [0.5, 0.6) is 0 Å². The number of hydrogen-bond acceptors (Lipinski definition) is 8. The zero-order chi connectivity index (χ0) is 15.1. The quantitative estimate of drug-likeness (QED) is 0.699. The largest absolute Gasteiger partial charge is 0.360 e. The summed E-state index contributed by atoms with van der Waals surface area (Å²) in [6.45, 7) is 7.23. The summed E-state index contributed by atoms with van der Waals surface area (Å²) in [5, 5.41) is 16.5. The molecule has 0 saturated carbocycles. The molecule has 0 aromatic carbocycles. The second-order valence-electron chi connectivity index (χ2n) is 4.71. The van der Waals surface area contributed by atoms with Crippen LogP contribution >= 0.6 is 23.1 Å². The van der Waals surface area contributed by atoms with E-state index in [-0.39, 0.29) is 5.25 Å². The Morgan fingerprint density at radius 1 is 1.29 bits per heavy atom. The van der Waals surface area contributed by atoms with Crippen LogP contribution in [0.25, 0.3) is 0 Å². The predicted molar refractivity (Wildman–Crippen MR) is 85.9 cm³/mol. The van der Waals surface area contributed by atoms with E-state index in [0.29, 0.717) is 5.89 Å². The summed E-state index contributed by atoms with van der Waals surface area (Å²) >= 11 is 3.15. The summed E-state index contributed by atoms with van der Waals surface area (Å²) in [6, 6.07) is 0. The molecule has 2 aromatic rings. The van der Waals surface area contributed by atoms with Crippen LogP contribution in [0.4, 0.5) is 5.13 Å². The van der Waals surface area contributed by atoms with Gasteiger partial charge in [0.05, 0.1) is 5.25 Å². The molecule has 0 saturated heterocycles. The topological polar surface area (TPSA) is 76.7 Å². The van der Waals surface area contributed by atoms with Gasteiger partial charge >= 0.3 is 0 Å². The molecule has 2 rings (SSSR count). The Labute approximate surface area is 133 Å². The van der Waals surface area contributed by atoms with E-state index in [1.807, 2.05) is 6.92 Å². The van der Waals surface area contributed by atoms with E-state index in [1.165, 1.54) is 0 Å². The third-order valence-electron chi connectivity index (χ3n) is 2.80. The summed E-state index contributed by atoms with van der Waals surface area (Å²) < 4.78 is 6.24. The van der Waals surface area contributed by atoms with Crippen molar-refractivity contribution in [3.05, 3.63) is 11.7 Å². The molecule has 21 heavy (non-hydrogen) atoms. The third-order valence-corrected chi connectivity index (χ3v) is 4.85. The van der Waals surface area contributed by atoms with Gasteiger partial charge in [-0.25, -0.2) is 0 Å². The van der Waals surface area contributed by atoms with E-state index >= 15 is 0 Å². The van der Waals surface area contributed by atoms with Crippen LogP contribution in [0.1, 0.15) is 57.0 Å². The van der Waals surface area contributed by atoms with Gasteiger partial charge in [0.2, 0.25) is 11.0 Å². The first-order valence-corrected chi connectivity index (χ1v) is 8.99. The Morgan fingerprint density at radius 3 is 2.90 bits per heavy atom. The number of rotatable bonds is 9. The molecule has 0 aliphatic carbocycles. The van der Waals surface area contributed by atoms with Crippen molar-refractivity contribution in [3.8, 4) is 0 Å². The standard InChI is InChI=1S/C13H21N5OS2/c1-4-6-7-10-15-11(19-18-10)9(3)20-13-17-16-12(21-13)14-8-5-2/h9H,4-8H2,1-3H3,(H,14,16). The van der Waals surface area contributed by atoms with Crippen LogP contribution in [-0.4, -0.2) is 26.9 Å². The van der Waals surface area contributed by atoms with Gasteiger partial charge in [0, 0.05) is 13.0 Å². The van der Waals surface area contributed by atoms with Gasteiger partial charge in [-0.3, -0.25) is 0 Å². The fourth-order valence-corrected chi connectivity index (χ4v) is 3.58. The minimum absolute atomic E-state index is 0.0832. The van der Waals surface area contributed by atoms with Crippen LogP contribution in [0.2, 0.25) is 0 Å². The number of aromatic nitrogens is 4. The summed E-state index contributed by atoms with van der Waals surface area (Å²) in [4.78, 5) is 4.44. The lowest BCUT2D eigenvalue weighted by Crippen LogP contribution is -1.98. The lowest BCUT2D eigenvalue weighted by atomic mass is 10.2. The monoisotopic (exact) mass is 327 g/mol. The molecular formula is C13H21N5OS2. The summed E-state index contributed by atoms with van der Waals surface area (Å²) in [6.07, 6.45) is 4.16. The highest BCUT2D eigenvalue weighted by Crippen LogP contribution is 2.36. The summed E-state index contributed by atoms with van der Waals surface area (Å²) in [5.41, 5.74) is 0. The van der Waals surface area contributed by atoms with Crippen LogP contribution in [0, 0.1) is 0 Å². The number of anilines is 1. The van der Waals surface area contributed by atoms with Gasteiger partial charge in [-0.1, -0.05) is 48.5 Å². The molecule has 0 aliphatic heterocycles. The molecular weight excluding hydrogens is 306 g/mol. The molecule has 0 aliphatic rings. The minimum Gasteiger partial charge on any atom is -0.360 e. The predicted octanol–water partition coefficient (Wildman–Crippen LogP) is 3.94. The molecule has 116 valence electrons. The molecule has 8 heteroatoms. The lowest BCUT2D eigenvalue weighted by molar-refractivity contribution is 0.374. The maximum atomic E-state index is 5.33. The molecule has 1 N–H and O–H groups in total. The normalized spacial score (nSPS) is 12.5. The first kappa shape index (κ1) is 16.2. The van der Waals surface area contributed by atoms with E-state index < -0.39 is 0 Å². The van der Waals surface area contributed by atoms with Crippen molar-refractivity contribution in [1.29, 1.82) is 0 Å². The van der Waals surface area contributed by atoms with Crippen LogP contribution in [0.15, 0.2) is 8.86 Å². The van der Waals surface area contributed by atoms with Gasteiger partial charge in [-0.15, -0.1) is 10.2 Å². The molecule has 0 fully saturated rings. The highest BCUT2D eigenvalue weighted by Gasteiger charge is 2.17. The van der Waals surface area contributed by atoms with Gasteiger partial charge < -0.3 is 9.84 Å². The van der Waals surface area contributed by atoms with Crippen molar-refractivity contribution >= 4 is 28.2 Å². The molecule has 1 unspecified atom stereocenters. The highest BCUT2D eigenvalue weighted by molar-refractivity contribution is 8.01. The first-order chi connectivity index (χ1) is 10.2.